The summed E-state index contributed by atoms with van der Waals surface area (Å²) in [5, 5.41) is 7.81. The maximum atomic E-state index is 4.96. The van der Waals surface area contributed by atoms with Crippen molar-refractivity contribution >= 4 is 84.8 Å². The van der Waals surface area contributed by atoms with Crippen molar-refractivity contribution in [2.24, 2.45) is 0 Å². The number of benzene rings is 8. The van der Waals surface area contributed by atoms with Gasteiger partial charge in [-0.2, -0.15) is 0 Å². The normalized spacial score (nSPS) is 11.9. The molecule has 8 aromatic carbocycles. The molecule has 0 aliphatic heterocycles. The summed E-state index contributed by atoms with van der Waals surface area (Å²) < 4.78 is 7.71. The molecule has 0 amide bonds. The summed E-state index contributed by atoms with van der Waals surface area (Å²) in [5.41, 5.74) is 8.70. The quantitative estimate of drug-likeness (QED) is 0.175. The van der Waals surface area contributed by atoms with Crippen LogP contribution in [-0.4, -0.2) is 19.5 Å². The van der Waals surface area contributed by atoms with Crippen molar-refractivity contribution in [2.75, 3.05) is 0 Å². The minimum atomic E-state index is 0.643. The highest BCUT2D eigenvalue weighted by Gasteiger charge is 2.17. The Hall–Kier alpha value is -6.99. The Bertz CT molecular complexity index is 3450. The third-order valence-corrected chi connectivity index (χ3v) is 13.3. The number of fused-ring (bicyclic) bond motifs is 9. The van der Waals surface area contributed by atoms with Crippen molar-refractivity contribution < 1.29 is 0 Å². The zero-order valence-corrected chi connectivity index (χ0v) is 32.1. The number of aromatic nitrogens is 4. The third kappa shape index (κ3) is 5.30. The van der Waals surface area contributed by atoms with Gasteiger partial charge in [-0.3, -0.25) is 0 Å². The first-order valence-electron chi connectivity index (χ1n) is 19.0. The van der Waals surface area contributed by atoms with Gasteiger partial charge in [0.15, 0.2) is 17.5 Å². The molecule has 0 spiro atoms. The first-order valence-corrected chi connectivity index (χ1v) is 20.6. The van der Waals surface area contributed by atoms with Gasteiger partial charge in [-0.15, -0.1) is 22.7 Å². The Balaban J connectivity index is 0.948. The Kier molecular flexibility index (Phi) is 7.24. The van der Waals surface area contributed by atoms with Gasteiger partial charge in [-0.1, -0.05) is 109 Å². The Morgan fingerprint density at radius 1 is 0.298 bits per heavy atom. The summed E-state index contributed by atoms with van der Waals surface area (Å²) in [4.78, 5) is 14.8. The fourth-order valence-corrected chi connectivity index (χ4v) is 10.5. The number of rotatable bonds is 5. The van der Waals surface area contributed by atoms with E-state index in [0.717, 1.165) is 22.4 Å². The molecule has 0 unspecified atom stereocenters. The van der Waals surface area contributed by atoms with Crippen LogP contribution in [0.15, 0.2) is 182 Å². The van der Waals surface area contributed by atoms with Crippen LogP contribution < -0.4 is 0 Å². The van der Waals surface area contributed by atoms with Crippen molar-refractivity contribution in [1.29, 1.82) is 0 Å². The molecular weight excluding hydrogens is 733 g/mol. The van der Waals surface area contributed by atoms with E-state index in [0.29, 0.717) is 17.5 Å². The van der Waals surface area contributed by atoms with Crippen LogP contribution in [-0.2, 0) is 0 Å². The highest BCUT2D eigenvalue weighted by atomic mass is 32.1. The molecule has 6 heteroatoms. The van der Waals surface area contributed by atoms with E-state index >= 15 is 0 Å². The summed E-state index contributed by atoms with van der Waals surface area (Å²) in [6.45, 7) is 0. The van der Waals surface area contributed by atoms with Crippen LogP contribution >= 0.6 is 22.7 Å². The van der Waals surface area contributed by atoms with Crippen molar-refractivity contribution in [3.05, 3.63) is 182 Å². The van der Waals surface area contributed by atoms with E-state index in [9.17, 15) is 0 Å². The van der Waals surface area contributed by atoms with Gasteiger partial charge in [-0.05, 0) is 83.9 Å². The molecule has 0 saturated carbocycles. The monoisotopic (exact) mass is 762 g/mol. The molecule has 0 N–H and O–H groups in total. The molecule has 4 nitrogen and oxygen atoms in total. The topological polar surface area (TPSA) is 43.6 Å². The molecule has 266 valence electrons. The lowest BCUT2D eigenvalue weighted by Gasteiger charge is -2.11. The molecule has 0 bridgehead atoms. The number of para-hydroxylation sites is 1. The second-order valence-electron chi connectivity index (χ2n) is 14.4. The lowest BCUT2D eigenvalue weighted by atomic mass is 10.0. The number of hydrogen-bond donors (Lipinski definition) is 0. The SMILES string of the molecule is c1ccc(-c2nc(-c3ccccc3)nc(-c3ccc(-n4c5ccccc5c5cc(-c6ccc7sc8cc9c(cc8c7c6)sc6ccccc69)ccc54)cc3)n2)cc1. The number of nitrogens with zero attached hydrogens (tertiary/aromatic N) is 4. The van der Waals surface area contributed by atoms with E-state index in [1.165, 1.54) is 73.3 Å². The second kappa shape index (κ2) is 12.8. The van der Waals surface area contributed by atoms with Crippen LogP contribution in [0.25, 0.3) is 113 Å². The van der Waals surface area contributed by atoms with Crippen molar-refractivity contribution in [1.82, 2.24) is 19.5 Å². The highest BCUT2D eigenvalue weighted by Crippen LogP contribution is 2.43. The lowest BCUT2D eigenvalue weighted by molar-refractivity contribution is 1.07. The van der Waals surface area contributed by atoms with Gasteiger partial charge in [0.05, 0.1) is 11.0 Å². The minimum absolute atomic E-state index is 0.643. The van der Waals surface area contributed by atoms with Crippen LogP contribution in [0.1, 0.15) is 0 Å². The maximum Gasteiger partial charge on any atom is 0.164 e. The van der Waals surface area contributed by atoms with Gasteiger partial charge in [0.25, 0.3) is 0 Å². The van der Waals surface area contributed by atoms with E-state index in [-0.39, 0.29) is 0 Å². The fourth-order valence-electron chi connectivity index (χ4n) is 8.30. The summed E-state index contributed by atoms with van der Waals surface area (Å²) in [5.74, 6) is 1.95. The number of hydrogen-bond acceptors (Lipinski definition) is 5. The summed E-state index contributed by atoms with van der Waals surface area (Å²) >= 11 is 3.77. The summed E-state index contributed by atoms with van der Waals surface area (Å²) in [7, 11) is 0. The van der Waals surface area contributed by atoms with Crippen LogP contribution in [0.4, 0.5) is 0 Å². The minimum Gasteiger partial charge on any atom is -0.309 e. The standard InChI is InChI=1S/C51H30N4S2/c1-3-11-31(12-4-1)49-52-50(32-13-5-2-6-14-32)54-51(53-49)33-19-23-36(24-20-33)55-43-17-9-7-15-37(43)39-27-34(21-25-44(39)55)35-22-26-46-40(28-35)42-30-47-41(29-48(42)57-46)38-16-8-10-18-45(38)56-47/h1-30H. The maximum absolute atomic E-state index is 4.96. The van der Waals surface area contributed by atoms with Crippen LogP contribution in [0.5, 0.6) is 0 Å². The molecule has 0 aliphatic rings. The van der Waals surface area contributed by atoms with E-state index in [1.54, 1.807) is 0 Å². The molecule has 12 rings (SSSR count). The largest absolute Gasteiger partial charge is 0.309 e. The predicted octanol–water partition coefficient (Wildman–Crippen LogP) is 14.4. The molecule has 0 fully saturated rings. The van der Waals surface area contributed by atoms with Crippen LogP contribution in [0.3, 0.4) is 0 Å². The third-order valence-electron chi connectivity index (χ3n) is 11.1. The van der Waals surface area contributed by atoms with Gasteiger partial charge in [0.1, 0.15) is 0 Å². The molecule has 0 radical (unpaired) electrons. The van der Waals surface area contributed by atoms with Crippen LogP contribution in [0.2, 0.25) is 0 Å². The molecule has 0 atom stereocenters. The summed E-state index contributed by atoms with van der Waals surface area (Å²) in [6.07, 6.45) is 0. The Morgan fingerprint density at radius 2 is 0.754 bits per heavy atom. The van der Waals surface area contributed by atoms with E-state index in [1.807, 2.05) is 83.3 Å². The van der Waals surface area contributed by atoms with Gasteiger partial charge in [0.2, 0.25) is 0 Å². The van der Waals surface area contributed by atoms with E-state index < -0.39 is 0 Å². The van der Waals surface area contributed by atoms with Crippen molar-refractivity contribution in [3.8, 4) is 51.0 Å². The molecule has 12 aromatic rings. The van der Waals surface area contributed by atoms with Crippen LogP contribution in [0, 0.1) is 0 Å². The number of thiophene rings is 2. The van der Waals surface area contributed by atoms with Gasteiger partial charge >= 0.3 is 0 Å². The van der Waals surface area contributed by atoms with Gasteiger partial charge < -0.3 is 4.57 Å². The molecule has 0 aliphatic carbocycles. The predicted molar refractivity (Wildman–Crippen MR) is 242 cm³/mol. The first kappa shape index (κ1) is 32.3. The molecule has 4 heterocycles. The molecular formula is C51H30N4S2. The molecule has 0 saturated heterocycles. The zero-order chi connectivity index (χ0) is 37.5. The van der Waals surface area contributed by atoms with E-state index in [2.05, 4.69) is 126 Å². The highest BCUT2D eigenvalue weighted by molar-refractivity contribution is 7.27. The average Bonchev–Trinajstić information content (AvgIpc) is 3.94. The zero-order valence-electron chi connectivity index (χ0n) is 30.4. The summed E-state index contributed by atoms with van der Waals surface area (Å²) in [6, 6.07) is 64.9. The average molecular weight is 763 g/mol. The lowest BCUT2D eigenvalue weighted by Crippen LogP contribution is -2.00. The first-order chi connectivity index (χ1) is 28.2. The smallest absolute Gasteiger partial charge is 0.164 e. The molecule has 4 aromatic heterocycles. The molecule has 57 heavy (non-hydrogen) atoms. The van der Waals surface area contributed by atoms with Gasteiger partial charge in [0, 0.05) is 73.5 Å². The second-order valence-corrected chi connectivity index (χ2v) is 16.6. The van der Waals surface area contributed by atoms with Crippen molar-refractivity contribution in [3.63, 3.8) is 0 Å². The Labute approximate surface area is 335 Å². The van der Waals surface area contributed by atoms with Crippen molar-refractivity contribution in [2.45, 2.75) is 0 Å². The van der Waals surface area contributed by atoms with Gasteiger partial charge in [-0.25, -0.2) is 15.0 Å². The fraction of sp³-hybridized carbons (Fsp3) is 0. The van der Waals surface area contributed by atoms with E-state index in [4.69, 9.17) is 15.0 Å². The Morgan fingerprint density at radius 3 is 1.42 bits per heavy atom.